The van der Waals surface area contributed by atoms with Crippen molar-refractivity contribution in [2.45, 2.75) is 40.8 Å². The van der Waals surface area contributed by atoms with Crippen molar-refractivity contribution in [3.8, 4) is 0 Å². The number of nitrogens with zero attached hydrogens (tertiary/aromatic N) is 5. The average Bonchev–Trinajstić information content (AvgIpc) is 3.19. The van der Waals surface area contributed by atoms with Crippen molar-refractivity contribution < 1.29 is 4.79 Å². The Balaban J connectivity index is 1.73. The second kappa shape index (κ2) is 7.92. The first-order valence-electron chi connectivity index (χ1n) is 8.77. The fourth-order valence-corrected chi connectivity index (χ4v) is 3.73. The maximum atomic E-state index is 12.5. The predicted molar refractivity (Wildman–Crippen MR) is 102 cm³/mol. The third kappa shape index (κ3) is 3.91. The van der Waals surface area contributed by atoms with E-state index >= 15 is 0 Å². The molecule has 1 N–H and O–H groups in total. The number of carbonyl (C=O) groups is 1. The lowest BCUT2D eigenvalue weighted by molar-refractivity contribution is 0.0952. The third-order valence-corrected chi connectivity index (χ3v) is 5.44. The highest BCUT2D eigenvalue weighted by molar-refractivity contribution is 7.11. The summed E-state index contributed by atoms with van der Waals surface area (Å²) < 4.78 is 1.68. The van der Waals surface area contributed by atoms with Gasteiger partial charge in [0, 0.05) is 29.4 Å². The number of aryl methyl sites for hydroxylation is 2. The summed E-state index contributed by atoms with van der Waals surface area (Å²) in [6.07, 6.45) is 5.33. The van der Waals surface area contributed by atoms with Gasteiger partial charge in [0.05, 0.1) is 23.4 Å². The van der Waals surface area contributed by atoms with E-state index in [1.807, 2.05) is 26.2 Å². The van der Waals surface area contributed by atoms with E-state index in [0.717, 1.165) is 40.8 Å². The van der Waals surface area contributed by atoms with Crippen LogP contribution in [0.15, 0.2) is 18.6 Å². The first-order chi connectivity index (χ1) is 12.5. The summed E-state index contributed by atoms with van der Waals surface area (Å²) in [5.41, 5.74) is 3.10. The molecule has 3 rings (SSSR count). The highest BCUT2D eigenvalue weighted by Gasteiger charge is 2.15. The fourth-order valence-electron chi connectivity index (χ4n) is 2.85. The second-order valence-corrected chi connectivity index (χ2v) is 7.46. The number of amides is 1. The number of hydrogen-bond donors (Lipinski definition) is 1. The Hall–Kier alpha value is -2.32. The molecule has 26 heavy (non-hydrogen) atoms. The van der Waals surface area contributed by atoms with Crippen molar-refractivity contribution in [2.24, 2.45) is 0 Å². The van der Waals surface area contributed by atoms with Gasteiger partial charge < -0.3 is 5.32 Å². The van der Waals surface area contributed by atoms with Crippen LogP contribution < -0.4 is 5.32 Å². The van der Waals surface area contributed by atoms with Crippen LogP contribution in [0, 0.1) is 13.8 Å². The molecule has 138 valence electrons. The van der Waals surface area contributed by atoms with Crippen LogP contribution in [0.3, 0.4) is 0 Å². The van der Waals surface area contributed by atoms with Crippen LogP contribution in [0.1, 0.15) is 45.3 Å². The molecule has 3 heterocycles. The largest absolute Gasteiger partial charge is 0.347 e. The minimum atomic E-state index is -0.172. The Bertz CT molecular complexity index is 912. The van der Waals surface area contributed by atoms with Crippen LogP contribution in [-0.2, 0) is 13.1 Å². The molecule has 0 aliphatic heterocycles. The van der Waals surface area contributed by atoms with Gasteiger partial charge in [-0.15, -0.1) is 11.3 Å². The zero-order chi connectivity index (χ0) is 18.7. The Morgan fingerprint density at radius 2 is 2.04 bits per heavy atom. The number of nitrogens with one attached hydrogen (secondary N) is 1. The summed E-state index contributed by atoms with van der Waals surface area (Å²) in [6.45, 7) is 11.5. The van der Waals surface area contributed by atoms with Crippen LogP contribution in [0.25, 0.3) is 5.65 Å². The molecule has 3 aromatic heterocycles. The highest BCUT2D eigenvalue weighted by atomic mass is 32.1. The van der Waals surface area contributed by atoms with E-state index in [1.54, 1.807) is 22.0 Å². The SMILES string of the molecule is CCN(CC)Cc1cnc2c(C(=O)NCc3sc(C)nc3C)cnn2c1. The second-order valence-electron chi connectivity index (χ2n) is 6.17. The maximum absolute atomic E-state index is 12.5. The molecule has 0 unspecified atom stereocenters. The highest BCUT2D eigenvalue weighted by Crippen LogP contribution is 2.17. The molecule has 0 spiro atoms. The topological polar surface area (TPSA) is 75.4 Å². The van der Waals surface area contributed by atoms with Crippen molar-refractivity contribution in [3.05, 3.63) is 45.3 Å². The minimum Gasteiger partial charge on any atom is -0.347 e. The van der Waals surface area contributed by atoms with Gasteiger partial charge in [-0.05, 0) is 26.9 Å². The molecule has 0 fully saturated rings. The average molecular weight is 372 g/mol. The molecule has 0 aliphatic rings. The Labute approximate surface area is 157 Å². The summed E-state index contributed by atoms with van der Waals surface area (Å²) in [6, 6.07) is 0. The van der Waals surface area contributed by atoms with Gasteiger partial charge in [0.25, 0.3) is 5.91 Å². The molecule has 0 saturated carbocycles. The van der Waals surface area contributed by atoms with Crippen molar-refractivity contribution in [2.75, 3.05) is 13.1 Å². The molecule has 8 heteroatoms. The molecule has 0 aromatic carbocycles. The smallest absolute Gasteiger partial charge is 0.257 e. The van der Waals surface area contributed by atoms with Crippen molar-refractivity contribution in [1.82, 2.24) is 29.8 Å². The fraction of sp³-hybridized carbons (Fsp3) is 0.444. The Kier molecular flexibility index (Phi) is 5.63. The van der Waals surface area contributed by atoms with Crippen LogP contribution in [0.5, 0.6) is 0 Å². The lowest BCUT2D eigenvalue weighted by Gasteiger charge is -2.17. The molecule has 0 aliphatic carbocycles. The zero-order valence-electron chi connectivity index (χ0n) is 15.6. The number of thiazole rings is 1. The maximum Gasteiger partial charge on any atom is 0.257 e. The number of fused-ring (bicyclic) bond motifs is 1. The molecule has 1 amide bonds. The van der Waals surface area contributed by atoms with Crippen LogP contribution in [0.2, 0.25) is 0 Å². The lowest BCUT2D eigenvalue weighted by atomic mass is 10.3. The summed E-state index contributed by atoms with van der Waals surface area (Å²) in [4.78, 5) is 24.8. The molecule has 0 atom stereocenters. The standard InChI is InChI=1S/C18H24N6OS/c1-5-23(6-2)10-14-7-19-17-15(8-21-24(17)11-14)18(25)20-9-16-12(3)22-13(4)26-16/h7-8,11H,5-6,9-10H2,1-4H3,(H,20,25). The molecule has 7 nitrogen and oxygen atoms in total. The van der Waals surface area contributed by atoms with Gasteiger partial charge in [-0.3, -0.25) is 9.69 Å². The van der Waals surface area contributed by atoms with Gasteiger partial charge in [0.15, 0.2) is 5.65 Å². The van der Waals surface area contributed by atoms with Gasteiger partial charge in [0.1, 0.15) is 5.56 Å². The van der Waals surface area contributed by atoms with Gasteiger partial charge in [0.2, 0.25) is 0 Å². The van der Waals surface area contributed by atoms with E-state index in [1.165, 1.54) is 0 Å². The molecular formula is C18H24N6OS. The molecule has 3 aromatic rings. The van der Waals surface area contributed by atoms with Gasteiger partial charge in [-0.2, -0.15) is 5.10 Å². The zero-order valence-corrected chi connectivity index (χ0v) is 16.4. The normalized spacial score (nSPS) is 11.4. The van der Waals surface area contributed by atoms with Crippen LogP contribution in [0.4, 0.5) is 0 Å². The van der Waals surface area contributed by atoms with Gasteiger partial charge >= 0.3 is 0 Å². The van der Waals surface area contributed by atoms with Crippen molar-refractivity contribution in [1.29, 1.82) is 0 Å². The quantitative estimate of drug-likeness (QED) is 0.690. The third-order valence-electron chi connectivity index (χ3n) is 4.36. The van der Waals surface area contributed by atoms with E-state index in [-0.39, 0.29) is 5.91 Å². The molecule has 0 radical (unpaired) electrons. The number of rotatable bonds is 7. The first kappa shape index (κ1) is 18.5. The Morgan fingerprint density at radius 3 is 2.69 bits per heavy atom. The van der Waals surface area contributed by atoms with Crippen molar-refractivity contribution in [3.63, 3.8) is 0 Å². The van der Waals surface area contributed by atoms with Crippen LogP contribution in [-0.4, -0.2) is 43.5 Å². The van der Waals surface area contributed by atoms with Gasteiger partial charge in [-0.1, -0.05) is 13.8 Å². The molecule has 0 bridgehead atoms. The Morgan fingerprint density at radius 1 is 1.27 bits per heavy atom. The monoisotopic (exact) mass is 372 g/mol. The van der Waals surface area contributed by atoms with E-state index < -0.39 is 0 Å². The summed E-state index contributed by atoms with van der Waals surface area (Å²) >= 11 is 1.60. The van der Waals surface area contributed by atoms with E-state index in [2.05, 4.69) is 39.1 Å². The lowest BCUT2D eigenvalue weighted by Crippen LogP contribution is -2.23. The van der Waals surface area contributed by atoms with Crippen LogP contribution >= 0.6 is 11.3 Å². The minimum absolute atomic E-state index is 0.172. The summed E-state index contributed by atoms with van der Waals surface area (Å²) in [5.74, 6) is -0.172. The first-order valence-corrected chi connectivity index (χ1v) is 9.59. The number of hydrogen-bond acceptors (Lipinski definition) is 6. The molecular weight excluding hydrogens is 348 g/mol. The summed E-state index contributed by atoms with van der Waals surface area (Å²) in [5, 5.41) is 8.25. The van der Waals surface area contributed by atoms with E-state index in [9.17, 15) is 4.79 Å². The number of aromatic nitrogens is 4. The van der Waals surface area contributed by atoms with Crippen molar-refractivity contribution >= 4 is 22.9 Å². The number of carbonyl (C=O) groups excluding carboxylic acids is 1. The summed E-state index contributed by atoms with van der Waals surface area (Å²) in [7, 11) is 0. The van der Waals surface area contributed by atoms with Gasteiger partial charge in [-0.25, -0.2) is 14.5 Å². The molecule has 0 saturated heterocycles. The van der Waals surface area contributed by atoms with E-state index in [4.69, 9.17) is 0 Å². The van der Waals surface area contributed by atoms with E-state index in [0.29, 0.717) is 17.8 Å². The predicted octanol–water partition coefficient (Wildman–Crippen LogP) is 2.57.